The topological polar surface area (TPSA) is 119 Å². The number of amides is 2. The summed E-state index contributed by atoms with van der Waals surface area (Å²) in [6, 6.07) is 16.1. The number of hydrogen-bond donors (Lipinski definition) is 3. The van der Waals surface area contributed by atoms with Crippen LogP contribution in [-0.2, 0) is 33.5 Å². The van der Waals surface area contributed by atoms with Crippen LogP contribution < -0.4 is 10.1 Å². The lowest BCUT2D eigenvalue weighted by molar-refractivity contribution is -0.141. The van der Waals surface area contributed by atoms with Gasteiger partial charge in [0.05, 0.1) is 41.6 Å². The van der Waals surface area contributed by atoms with Gasteiger partial charge in [0.15, 0.2) is 0 Å². The number of fused-ring (bicyclic) bond motifs is 2. The van der Waals surface area contributed by atoms with E-state index in [9.17, 15) is 37.1 Å². The highest BCUT2D eigenvalue weighted by Crippen LogP contribution is 2.38. The first kappa shape index (κ1) is 38.5. The van der Waals surface area contributed by atoms with Crippen LogP contribution in [0.2, 0.25) is 0 Å². The molecule has 3 aliphatic rings. The second-order valence-corrected chi connectivity index (χ2v) is 14.7. The van der Waals surface area contributed by atoms with Crippen molar-refractivity contribution in [3.63, 3.8) is 0 Å². The molecular formula is C39H40BrF4N3O6. The molecule has 0 spiro atoms. The lowest BCUT2D eigenvalue weighted by atomic mass is 9.82. The third-order valence-electron chi connectivity index (χ3n) is 9.73. The van der Waals surface area contributed by atoms with Gasteiger partial charge in [0.25, 0.3) is 5.91 Å². The molecule has 6 rings (SSSR count). The summed E-state index contributed by atoms with van der Waals surface area (Å²) in [7, 11) is 0. The van der Waals surface area contributed by atoms with Gasteiger partial charge in [-0.1, -0.05) is 36.4 Å². The molecule has 0 unspecified atom stereocenters. The van der Waals surface area contributed by atoms with Crippen LogP contribution in [0.5, 0.6) is 5.75 Å². The van der Waals surface area contributed by atoms with Gasteiger partial charge in [0.1, 0.15) is 11.6 Å². The van der Waals surface area contributed by atoms with Gasteiger partial charge in [0, 0.05) is 43.4 Å². The highest BCUT2D eigenvalue weighted by Gasteiger charge is 2.43. The first-order valence-corrected chi connectivity index (χ1v) is 18.4. The first-order valence-electron chi connectivity index (χ1n) is 17.6. The monoisotopic (exact) mass is 801 g/mol. The maximum atomic E-state index is 14.7. The summed E-state index contributed by atoms with van der Waals surface area (Å²) in [4.78, 5) is 42.2. The number of rotatable bonds is 14. The van der Waals surface area contributed by atoms with Crippen LogP contribution in [0.4, 0.5) is 17.6 Å². The van der Waals surface area contributed by atoms with E-state index in [1.165, 1.54) is 18.2 Å². The molecule has 282 valence electrons. The summed E-state index contributed by atoms with van der Waals surface area (Å²) in [5, 5.41) is 22.7. The Balaban J connectivity index is 1.25. The maximum Gasteiger partial charge on any atom is 0.416 e. The number of aliphatic carboxylic acids is 1. The van der Waals surface area contributed by atoms with E-state index in [4.69, 9.17) is 9.84 Å². The quantitative estimate of drug-likeness (QED) is 0.128. The van der Waals surface area contributed by atoms with Gasteiger partial charge in [-0.05, 0) is 94.6 Å². The molecule has 14 heteroatoms. The zero-order valence-electron chi connectivity index (χ0n) is 28.8. The fraction of sp³-hybridized carbons (Fsp3) is 0.410. The fourth-order valence-electron chi connectivity index (χ4n) is 7.04. The molecule has 0 aromatic heterocycles. The van der Waals surface area contributed by atoms with E-state index in [1.807, 2.05) is 24.3 Å². The molecule has 1 saturated carbocycles. The van der Waals surface area contributed by atoms with Crippen LogP contribution in [0, 0.1) is 5.82 Å². The molecule has 2 fully saturated rings. The Kier molecular flexibility index (Phi) is 11.9. The lowest BCUT2D eigenvalue weighted by Gasteiger charge is -2.45. The summed E-state index contributed by atoms with van der Waals surface area (Å²) >= 11 is 3.36. The molecular weight excluding hydrogens is 762 g/mol. The largest absolute Gasteiger partial charge is 0.492 e. The number of nitrogens with one attached hydrogen (secondary N) is 1. The van der Waals surface area contributed by atoms with E-state index in [0.29, 0.717) is 60.1 Å². The summed E-state index contributed by atoms with van der Waals surface area (Å²) in [6.07, 6.45) is -3.66. The predicted octanol–water partition coefficient (Wildman–Crippen LogP) is 6.36. The van der Waals surface area contributed by atoms with Crippen molar-refractivity contribution >= 4 is 39.3 Å². The average molecular weight is 803 g/mol. The Bertz CT molecular complexity index is 1870. The Morgan fingerprint density at radius 2 is 1.75 bits per heavy atom. The second-order valence-electron chi connectivity index (χ2n) is 13.9. The third-order valence-corrected chi connectivity index (χ3v) is 10.4. The molecule has 1 aliphatic carbocycles. The smallest absolute Gasteiger partial charge is 0.416 e. The number of alkyl halides is 3. The van der Waals surface area contributed by atoms with Gasteiger partial charge in [0.2, 0.25) is 5.91 Å². The number of aryl methyl sites for hydroxylation is 1. The van der Waals surface area contributed by atoms with Crippen LogP contribution in [0.25, 0.3) is 5.57 Å². The average Bonchev–Trinajstić information content (AvgIpc) is 3.95. The number of nitrogens with zero attached hydrogens (tertiary/aromatic N) is 2. The number of carbonyl (C=O) groups is 3. The van der Waals surface area contributed by atoms with Crippen LogP contribution in [0.1, 0.15) is 60.8 Å². The van der Waals surface area contributed by atoms with E-state index in [2.05, 4.69) is 21.2 Å². The normalized spacial score (nSPS) is 19.2. The third kappa shape index (κ3) is 9.84. The van der Waals surface area contributed by atoms with E-state index in [-0.39, 0.29) is 44.0 Å². The Morgan fingerprint density at radius 1 is 1.00 bits per heavy atom. The second kappa shape index (κ2) is 16.4. The SMILES string of the molecule is O=C(O)C[C@@H](O)CC(=O)N1C[C@H]2CC(c3ccc(CCCOc4cc(F)ccc4Br)cc3)=C(C(=O)N(Cc3cccc(C(F)(F)F)c3)C3CC3)[C@@H](C1)N2. The van der Waals surface area contributed by atoms with E-state index >= 15 is 0 Å². The molecule has 3 aromatic carbocycles. The number of carboxylic acid groups (broad SMARTS) is 1. The maximum absolute atomic E-state index is 14.7. The van der Waals surface area contributed by atoms with Gasteiger partial charge < -0.3 is 30.1 Å². The van der Waals surface area contributed by atoms with Crippen molar-refractivity contribution in [1.82, 2.24) is 15.1 Å². The minimum atomic E-state index is -4.53. The molecule has 2 heterocycles. The van der Waals surface area contributed by atoms with E-state index in [1.54, 1.807) is 21.9 Å². The van der Waals surface area contributed by atoms with Crippen LogP contribution >= 0.6 is 15.9 Å². The molecule has 2 bridgehead atoms. The number of ether oxygens (including phenoxy) is 1. The van der Waals surface area contributed by atoms with Crippen molar-refractivity contribution < 1.29 is 46.9 Å². The molecule has 1 saturated heterocycles. The number of carbonyl (C=O) groups excluding carboxylic acids is 2. The van der Waals surface area contributed by atoms with Crippen LogP contribution in [0.15, 0.2) is 76.8 Å². The summed E-state index contributed by atoms with van der Waals surface area (Å²) in [6.45, 7) is 0.739. The number of benzene rings is 3. The van der Waals surface area contributed by atoms with Crippen LogP contribution in [-0.4, -0.2) is 81.7 Å². The predicted molar refractivity (Wildman–Crippen MR) is 191 cm³/mol. The van der Waals surface area contributed by atoms with Crippen molar-refractivity contribution in [2.45, 2.75) is 81.9 Å². The zero-order chi connectivity index (χ0) is 37.9. The van der Waals surface area contributed by atoms with Crippen molar-refractivity contribution in [2.24, 2.45) is 0 Å². The Labute approximate surface area is 312 Å². The number of carboxylic acids is 1. The standard InChI is InChI=1S/C39H40BrF4N3O6/c40-32-13-10-27(41)16-34(32)53-14-2-4-23-6-8-25(9-7-23)31-17-28-21-46(35(49)18-30(48)19-36(50)51)22-33(45-28)37(31)38(52)47(29-11-12-29)20-24-3-1-5-26(15-24)39(42,43)44/h1,3,5-10,13,15-16,28-30,33,45,48H,2,4,11-12,14,17-22H2,(H,50,51)/t28-,30+,33-/m1/s1. The lowest BCUT2D eigenvalue weighted by Crippen LogP contribution is -2.62. The highest BCUT2D eigenvalue weighted by atomic mass is 79.9. The van der Waals surface area contributed by atoms with E-state index in [0.717, 1.165) is 28.8 Å². The summed E-state index contributed by atoms with van der Waals surface area (Å²) in [5.74, 6) is -1.93. The minimum absolute atomic E-state index is 0.0163. The van der Waals surface area contributed by atoms with Crippen molar-refractivity contribution in [2.75, 3.05) is 19.7 Å². The minimum Gasteiger partial charge on any atom is -0.492 e. The number of halogens is 5. The molecule has 3 atom stereocenters. The van der Waals surface area contributed by atoms with Gasteiger partial charge in [-0.3, -0.25) is 14.4 Å². The molecule has 2 aliphatic heterocycles. The first-order chi connectivity index (χ1) is 25.2. The van der Waals surface area contributed by atoms with Gasteiger partial charge in [-0.15, -0.1) is 0 Å². The number of piperazine rings is 1. The Hall–Kier alpha value is -4.27. The molecule has 9 nitrogen and oxygen atoms in total. The Morgan fingerprint density at radius 3 is 2.45 bits per heavy atom. The molecule has 0 radical (unpaired) electrons. The number of aliphatic hydroxyl groups excluding tert-OH is 1. The van der Waals surface area contributed by atoms with Crippen molar-refractivity contribution in [3.8, 4) is 5.75 Å². The van der Waals surface area contributed by atoms with Gasteiger partial charge >= 0.3 is 12.1 Å². The van der Waals surface area contributed by atoms with Gasteiger partial charge in [-0.2, -0.15) is 13.2 Å². The van der Waals surface area contributed by atoms with Crippen molar-refractivity contribution in [1.29, 1.82) is 0 Å². The summed E-state index contributed by atoms with van der Waals surface area (Å²) < 4.78 is 60.7. The highest BCUT2D eigenvalue weighted by molar-refractivity contribution is 9.10. The number of hydrogen-bond acceptors (Lipinski definition) is 6. The fourth-order valence-corrected chi connectivity index (χ4v) is 7.41. The molecule has 2 amide bonds. The zero-order valence-corrected chi connectivity index (χ0v) is 30.3. The molecule has 3 aromatic rings. The number of aliphatic hydroxyl groups is 1. The molecule has 3 N–H and O–H groups in total. The summed E-state index contributed by atoms with van der Waals surface area (Å²) in [5.41, 5.74) is 2.64. The van der Waals surface area contributed by atoms with Gasteiger partial charge in [-0.25, -0.2) is 4.39 Å². The van der Waals surface area contributed by atoms with E-state index < -0.39 is 48.0 Å². The van der Waals surface area contributed by atoms with Crippen LogP contribution in [0.3, 0.4) is 0 Å². The molecule has 53 heavy (non-hydrogen) atoms. The van der Waals surface area contributed by atoms with Crippen molar-refractivity contribution in [3.05, 3.63) is 105 Å².